The molecule has 2 aliphatic heterocycles. The Morgan fingerprint density at radius 2 is 2.18 bits per heavy atom. The summed E-state index contributed by atoms with van der Waals surface area (Å²) < 4.78 is 17.5. The molecule has 0 bridgehead atoms. The van der Waals surface area contributed by atoms with Gasteiger partial charge < -0.3 is 40.0 Å². The fourth-order valence-electron chi connectivity index (χ4n) is 4.02. The molecule has 178 valence electrons. The highest BCUT2D eigenvalue weighted by Crippen LogP contribution is 2.45. The summed E-state index contributed by atoms with van der Waals surface area (Å²) in [6.45, 7) is 3.37. The molecule has 0 spiro atoms. The molecule has 4 heterocycles. The number of nitrogens with zero attached hydrogens (tertiary/aromatic N) is 3. The highest BCUT2D eigenvalue weighted by atomic mass is 16.7. The first-order valence-electron chi connectivity index (χ1n) is 10.7. The van der Waals surface area contributed by atoms with Gasteiger partial charge in [0.05, 0.1) is 18.3 Å². The Morgan fingerprint density at radius 1 is 1.39 bits per heavy atom. The summed E-state index contributed by atoms with van der Waals surface area (Å²) >= 11 is 0. The minimum Gasteiger partial charge on any atom is -0.434 e. The van der Waals surface area contributed by atoms with Crippen molar-refractivity contribution < 1.29 is 29.2 Å². The van der Waals surface area contributed by atoms with E-state index in [1.807, 2.05) is 6.92 Å². The van der Waals surface area contributed by atoms with Crippen LogP contribution < -0.4 is 16.6 Å². The van der Waals surface area contributed by atoms with Crippen molar-refractivity contribution in [2.45, 2.75) is 57.1 Å². The Labute approximate surface area is 189 Å². The maximum absolute atomic E-state index is 11.9. The number of nitrogens with two attached hydrogens (primary N) is 1. The lowest BCUT2D eigenvalue weighted by molar-refractivity contribution is -0.0961. The van der Waals surface area contributed by atoms with Crippen LogP contribution in [0.15, 0.2) is 22.1 Å². The molecule has 0 aliphatic carbocycles. The Kier molecular flexibility index (Phi) is 6.23. The quantitative estimate of drug-likeness (QED) is 0.349. The molecule has 2 aromatic heterocycles. The van der Waals surface area contributed by atoms with Crippen molar-refractivity contribution in [2.24, 2.45) is 4.99 Å². The molecule has 12 heteroatoms. The van der Waals surface area contributed by atoms with Crippen LogP contribution in [0.25, 0.3) is 10.8 Å². The lowest BCUT2D eigenvalue weighted by atomic mass is 9.96. The van der Waals surface area contributed by atoms with E-state index in [1.54, 1.807) is 6.20 Å². The number of ether oxygens (including phenoxy) is 3. The highest BCUT2D eigenvalue weighted by Gasteiger charge is 2.54. The van der Waals surface area contributed by atoms with Gasteiger partial charge >= 0.3 is 6.16 Å². The number of nitrogens with one attached hydrogen (secondary N) is 1. The maximum atomic E-state index is 11.9. The van der Waals surface area contributed by atoms with Gasteiger partial charge in [-0.3, -0.25) is 4.79 Å². The van der Waals surface area contributed by atoms with Crippen LogP contribution in [0, 0.1) is 0 Å². The number of aliphatic hydroxyl groups excluding tert-OH is 1. The third kappa shape index (κ3) is 4.24. The van der Waals surface area contributed by atoms with E-state index < -0.39 is 35.8 Å². The average molecular weight is 461 g/mol. The minimum atomic E-state index is -1.76. The maximum Gasteiger partial charge on any atom is 0.508 e. The predicted molar refractivity (Wildman–Crippen MR) is 120 cm³/mol. The lowest BCUT2D eigenvalue weighted by Gasteiger charge is -2.28. The Morgan fingerprint density at radius 3 is 2.94 bits per heavy atom. The summed E-state index contributed by atoms with van der Waals surface area (Å²) in [5, 5.41) is 25.5. The molecule has 0 saturated carbocycles. The molecule has 4 atom stereocenters. The average Bonchev–Trinajstić information content (AvgIpc) is 3.21. The second kappa shape index (κ2) is 8.96. The molecule has 33 heavy (non-hydrogen) atoms. The topological polar surface area (TPSA) is 171 Å². The standard InChI is InChI=1S/C21H27N5O7/c1-3-4-5-6-31-20(29)32-9-13-16(28)21(2,30)19(33-13)26-8-11-12(22)7-14(27)25-17-15(11)18(26)24-10-23-17/h7-8,10,13,16,19,28,30H,3-6,9,22H2,1-2H3,(H,23,24,25,27)/t13-,16-,19-,21+/m1/s1. The van der Waals surface area contributed by atoms with Crippen LogP contribution in [0.1, 0.15) is 39.3 Å². The fourth-order valence-corrected chi connectivity index (χ4v) is 4.02. The van der Waals surface area contributed by atoms with Gasteiger partial charge in [0.25, 0.3) is 5.56 Å². The van der Waals surface area contributed by atoms with Gasteiger partial charge in [0.2, 0.25) is 0 Å². The van der Waals surface area contributed by atoms with Crippen molar-refractivity contribution in [1.29, 1.82) is 0 Å². The molecule has 0 unspecified atom stereocenters. The van der Waals surface area contributed by atoms with E-state index >= 15 is 0 Å². The first-order chi connectivity index (χ1) is 15.7. The zero-order valence-corrected chi connectivity index (χ0v) is 18.4. The van der Waals surface area contributed by atoms with Gasteiger partial charge in [-0.2, -0.15) is 4.98 Å². The van der Waals surface area contributed by atoms with E-state index in [0.717, 1.165) is 19.3 Å². The van der Waals surface area contributed by atoms with Crippen molar-refractivity contribution in [3.05, 3.63) is 22.6 Å². The number of carbonyl (C=O) groups excluding carboxylic acids is 1. The van der Waals surface area contributed by atoms with Crippen molar-refractivity contribution in [3.8, 4) is 0 Å². The van der Waals surface area contributed by atoms with Crippen molar-refractivity contribution in [3.63, 3.8) is 0 Å². The van der Waals surface area contributed by atoms with Gasteiger partial charge in [-0.1, -0.05) is 19.8 Å². The Hall–Kier alpha value is -3.22. The summed E-state index contributed by atoms with van der Waals surface area (Å²) in [6.07, 6.45) is 1.23. The molecular formula is C21H27N5O7. The van der Waals surface area contributed by atoms with Gasteiger partial charge in [-0.15, -0.1) is 0 Å². The molecule has 4 rings (SSSR count). The summed E-state index contributed by atoms with van der Waals surface area (Å²) in [6, 6.07) is 1.19. The second-order valence-corrected chi connectivity index (χ2v) is 8.26. The smallest absolute Gasteiger partial charge is 0.434 e. The number of aromatic nitrogens is 2. The van der Waals surface area contributed by atoms with Crippen LogP contribution in [0.5, 0.6) is 0 Å². The van der Waals surface area contributed by atoms with E-state index in [-0.39, 0.29) is 24.7 Å². The highest BCUT2D eigenvalue weighted by molar-refractivity contribution is 6.10. The number of hydrogen-bond acceptors (Lipinski definition) is 11. The lowest BCUT2D eigenvalue weighted by Crippen LogP contribution is -2.44. The van der Waals surface area contributed by atoms with E-state index in [2.05, 4.69) is 15.3 Å². The van der Waals surface area contributed by atoms with Crippen LogP contribution in [0.3, 0.4) is 0 Å². The zero-order valence-electron chi connectivity index (χ0n) is 18.4. The predicted octanol–water partition coefficient (Wildman–Crippen LogP) is 1.42. The molecular weight excluding hydrogens is 434 g/mol. The van der Waals surface area contributed by atoms with E-state index in [1.165, 1.54) is 23.9 Å². The van der Waals surface area contributed by atoms with E-state index in [0.29, 0.717) is 16.6 Å². The van der Waals surface area contributed by atoms with Gasteiger partial charge in [-0.25, -0.2) is 9.79 Å². The molecule has 0 amide bonds. The van der Waals surface area contributed by atoms with Crippen LogP contribution in [-0.4, -0.2) is 63.3 Å². The third-order valence-electron chi connectivity index (χ3n) is 5.78. The third-order valence-corrected chi connectivity index (χ3v) is 5.78. The first kappa shape index (κ1) is 23.0. The summed E-state index contributed by atoms with van der Waals surface area (Å²) in [7, 11) is 0. The SMILES string of the molecule is CCCCCOC(=O)OC[C@H]1O[C@@H](n2cc3c(N)cc(=O)nc4c3c2N=CN4)[C@@](C)(O)[C@@H]1O. The van der Waals surface area contributed by atoms with Crippen LogP contribution in [0.4, 0.5) is 22.1 Å². The summed E-state index contributed by atoms with van der Waals surface area (Å²) in [4.78, 5) is 32.0. The minimum absolute atomic E-state index is 0.177. The molecule has 2 aliphatic rings. The Balaban J connectivity index is 1.58. The number of rotatable bonds is 7. The molecule has 1 saturated heterocycles. The van der Waals surface area contributed by atoms with Crippen molar-refractivity contribution in [1.82, 2.24) is 9.55 Å². The normalized spacial score (nSPS) is 25.8. The van der Waals surface area contributed by atoms with Gasteiger partial charge in [0, 0.05) is 23.3 Å². The number of nitrogen functional groups attached to an aromatic ring is 1. The largest absolute Gasteiger partial charge is 0.508 e. The van der Waals surface area contributed by atoms with E-state index in [9.17, 15) is 19.8 Å². The number of unbranched alkanes of at least 4 members (excludes halogenated alkanes) is 2. The van der Waals surface area contributed by atoms with Crippen LogP contribution >= 0.6 is 0 Å². The second-order valence-electron chi connectivity index (χ2n) is 8.26. The van der Waals surface area contributed by atoms with Crippen LogP contribution in [-0.2, 0) is 14.2 Å². The number of carbonyl (C=O) groups is 1. The molecule has 1 fully saturated rings. The fraction of sp³-hybridized carbons (Fsp3) is 0.524. The van der Waals surface area contributed by atoms with Crippen LogP contribution in [0.2, 0.25) is 0 Å². The molecule has 0 aromatic carbocycles. The van der Waals surface area contributed by atoms with Crippen molar-refractivity contribution >= 4 is 40.6 Å². The van der Waals surface area contributed by atoms with Crippen molar-refractivity contribution in [2.75, 3.05) is 24.3 Å². The zero-order chi connectivity index (χ0) is 23.8. The number of hydrogen-bond donors (Lipinski definition) is 4. The Bertz CT molecular complexity index is 1150. The molecule has 2 aromatic rings. The van der Waals surface area contributed by atoms with E-state index in [4.69, 9.17) is 19.9 Å². The monoisotopic (exact) mass is 461 g/mol. The number of aliphatic hydroxyl groups is 2. The molecule has 0 radical (unpaired) electrons. The molecule has 5 N–H and O–H groups in total. The first-order valence-corrected chi connectivity index (χ1v) is 10.7. The number of anilines is 2. The van der Waals surface area contributed by atoms with Gasteiger partial charge in [0.15, 0.2) is 6.23 Å². The number of aliphatic imine (C=N–C) groups is 1. The summed E-state index contributed by atoms with van der Waals surface area (Å²) in [5.74, 6) is 0.599. The molecule has 12 nitrogen and oxygen atoms in total. The van der Waals surface area contributed by atoms with Gasteiger partial charge in [0.1, 0.15) is 36.1 Å². The van der Waals surface area contributed by atoms with Gasteiger partial charge in [-0.05, 0) is 13.3 Å². The summed E-state index contributed by atoms with van der Waals surface area (Å²) in [5.41, 5.74) is 3.97.